The molecule has 0 spiro atoms. The molecule has 0 fully saturated rings. The van der Waals surface area contributed by atoms with Gasteiger partial charge in [0.2, 0.25) is 5.91 Å². The number of allylic oxidation sites excluding steroid dienone is 2. The maximum Gasteiger partial charge on any atom is 0.251 e. The summed E-state index contributed by atoms with van der Waals surface area (Å²) in [7, 11) is 0. The molecule has 22 heavy (non-hydrogen) atoms. The Morgan fingerprint density at radius 2 is 2.00 bits per heavy atom. The van der Waals surface area contributed by atoms with E-state index in [-0.39, 0.29) is 23.3 Å². The Labute approximate surface area is 129 Å². The quantitative estimate of drug-likeness (QED) is 0.648. The Morgan fingerprint density at radius 3 is 2.68 bits per heavy atom. The zero-order valence-electron chi connectivity index (χ0n) is 12.7. The first kappa shape index (κ1) is 16.2. The number of carbonyl (C=O) groups is 2. The van der Waals surface area contributed by atoms with Gasteiger partial charge in [0.15, 0.2) is 0 Å². The van der Waals surface area contributed by atoms with Crippen LogP contribution in [0, 0.1) is 18.7 Å². The SMILES string of the molecule is Cc1ccc(C(=O)NCCNC(=O)C2CC=CCC2)cc1F. The fraction of sp³-hybridized carbons (Fsp3) is 0.412. The number of halogens is 1. The van der Waals surface area contributed by atoms with E-state index in [1.807, 2.05) is 6.08 Å². The molecule has 0 aromatic heterocycles. The van der Waals surface area contributed by atoms with Gasteiger partial charge in [-0.15, -0.1) is 0 Å². The van der Waals surface area contributed by atoms with Crippen molar-refractivity contribution < 1.29 is 14.0 Å². The topological polar surface area (TPSA) is 58.2 Å². The van der Waals surface area contributed by atoms with Gasteiger partial charge in [0.25, 0.3) is 5.91 Å². The summed E-state index contributed by atoms with van der Waals surface area (Å²) in [5.74, 6) is -0.674. The van der Waals surface area contributed by atoms with E-state index in [4.69, 9.17) is 0 Å². The van der Waals surface area contributed by atoms with Gasteiger partial charge in [-0.3, -0.25) is 9.59 Å². The number of rotatable bonds is 5. The standard InChI is InChI=1S/C17H21FN2O2/c1-12-7-8-14(11-15(12)18)17(22)20-10-9-19-16(21)13-5-3-2-4-6-13/h2-3,7-8,11,13H,4-6,9-10H2,1H3,(H,19,21)(H,20,22). The molecule has 0 saturated carbocycles. The molecule has 118 valence electrons. The van der Waals surface area contributed by atoms with Crippen molar-refractivity contribution in [3.05, 3.63) is 47.3 Å². The molecule has 0 saturated heterocycles. The van der Waals surface area contributed by atoms with Gasteiger partial charge in [-0.05, 0) is 43.9 Å². The molecule has 2 rings (SSSR count). The van der Waals surface area contributed by atoms with Gasteiger partial charge in [0, 0.05) is 24.6 Å². The highest BCUT2D eigenvalue weighted by Crippen LogP contribution is 2.17. The van der Waals surface area contributed by atoms with E-state index in [1.54, 1.807) is 19.1 Å². The summed E-state index contributed by atoms with van der Waals surface area (Å²) < 4.78 is 13.4. The van der Waals surface area contributed by atoms with E-state index >= 15 is 0 Å². The van der Waals surface area contributed by atoms with Crippen LogP contribution in [0.1, 0.15) is 35.2 Å². The zero-order valence-corrected chi connectivity index (χ0v) is 12.7. The van der Waals surface area contributed by atoms with E-state index in [0.717, 1.165) is 19.3 Å². The summed E-state index contributed by atoms with van der Waals surface area (Å²) in [5.41, 5.74) is 0.789. The van der Waals surface area contributed by atoms with Gasteiger partial charge in [-0.25, -0.2) is 4.39 Å². The van der Waals surface area contributed by atoms with Gasteiger partial charge in [0.1, 0.15) is 5.82 Å². The highest BCUT2D eigenvalue weighted by molar-refractivity contribution is 5.94. The predicted octanol–water partition coefficient (Wildman–Crippen LogP) is 2.34. The summed E-state index contributed by atoms with van der Waals surface area (Å²) in [6, 6.07) is 4.38. The lowest BCUT2D eigenvalue weighted by molar-refractivity contribution is -0.125. The first-order valence-electron chi connectivity index (χ1n) is 7.55. The van der Waals surface area contributed by atoms with Crippen LogP contribution in [-0.2, 0) is 4.79 Å². The lowest BCUT2D eigenvalue weighted by atomic mass is 9.94. The third kappa shape index (κ3) is 4.41. The van der Waals surface area contributed by atoms with Crippen LogP contribution in [0.3, 0.4) is 0 Å². The molecule has 0 heterocycles. The molecule has 1 atom stereocenters. The Bertz CT molecular complexity index is 584. The predicted molar refractivity (Wildman–Crippen MR) is 83.0 cm³/mol. The second-order valence-corrected chi connectivity index (χ2v) is 5.49. The monoisotopic (exact) mass is 304 g/mol. The van der Waals surface area contributed by atoms with Crippen LogP contribution in [0.15, 0.2) is 30.4 Å². The van der Waals surface area contributed by atoms with Crippen molar-refractivity contribution in [2.75, 3.05) is 13.1 Å². The largest absolute Gasteiger partial charge is 0.354 e. The van der Waals surface area contributed by atoms with E-state index in [0.29, 0.717) is 18.7 Å². The normalized spacial score (nSPS) is 17.1. The second kappa shape index (κ2) is 7.73. The second-order valence-electron chi connectivity index (χ2n) is 5.49. The molecule has 1 aromatic rings. The number of nitrogens with one attached hydrogen (secondary N) is 2. The average molecular weight is 304 g/mol. The molecule has 1 aliphatic rings. The molecule has 2 N–H and O–H groups in total. The smallest absolute Gasteiger partial charge is 0.251 e. The Balaban J connectivity index is 1.71. The maximum atomic E-state index is 13.4. The zero-order chi connectivity index (χ0) is 15.9. The van der Waals surface area contributed by atoms with Crippen LogP contribution in [0.2, 0.25) is 0 Å². The molecule has 1 aromatic carbocycles. The molecule has 5 heteroatoms. The summed E-state index contributed by atoms with van der Waals surface area (Å²) >= 11 is 0. The van der Waals surface area contributed by atoms with Crippen LogP contribution < -0.4 is 10.6 Å². The first-order chi connectivity index (χ1) is 10.6. The van der Waals surface area contributed by atoms with Crippen molar-refractivity contribution >= 4 is 11.8 Å². The van der Waals surface area contributed by atoms with Crippen molar-refractivity contribution in [1.82, 2.24) is 10.6 Å². The number of aryl methyl sites for hydroxylation is 1. The van der Waals surface area contributed by atoms with Crippen LogP contribution in [0.25, 0.3) is 0 Å². The van der Waals surface area contributed by atoms with Crippen LogP contribution in [-0.4, -0.2) is 24.9 Å². The number of carbonyl (C=O) groups excluding carboxylic acids is 2. The van der Waals surface area contributed by atoms with Gasteiger partial charge in [0.05, 0.1) is 0 Å². The van der Waals surface area contributed by atoms with Crippen molar-refractivity contribution in [3.63, 3.8) is 0 Å². The first-order valence-corrected chi connectivity index (χ1v) is 7.55. The van der Waals surface area contributed by atoms with Crippen LogP contribution >= 0.6 is 0 Å². The van der Waals surface area contributed by atoms with Gasteiger partial charge < -0.3 is 10.6 Å². The number of benzene rings is 1. The third-order valence-electron chi connectivity index (χ3n) is 3.78. The van der Waals surface area contributed by atoms with Crippen molar-refractivity contribution in [3.8, 4) is 0 Å². The minimum Gasteiger partial charge on any atom is -0.354 e. The molecule has 0 bridgehead atoms. The Morgan fingerprint density at radius 1 is 1.23 bits per heavy atom. The van der Waals surface area contributed by atoms with Crippen molar-refractivity contribution in [1.29, 1.82) is 0 Å². The van der Waals surface area contributed by atoms with Gasteiger partial charge in [-0.2, -0.15) is 0 Å². The molecule has 4 nitrogen and oxygen atoms in total. The lowest BCUT2D eigenvalue weighted by Gasteiger charge is -2.17. The summed E-state index contributed by atoms with van der Waals surface area (Å²) in [5, 5.41) is 5.49. The molecular formula is C17H21FN2O2. The minimum absolute atomic E-state index is 0.0278. The number of hydrogen-bond donors (Lipinski definition) is 2. The summed E-state index contributed by atoms with van der Waals surface area (Å²) in [6.45, 7) is 2.34. The molecule has 1 unspecified atom stereocenters. The van der Waals surface area contributed by atoms with E-state index in [2.05, 4.69) is 16.7 Å². The number of hydrogen-bond acceptors (Lipinski definition) is 2. The van der Waals surface area contributed by atoms with Crippen LogP contribution in [0.4, 0.5) is 4.39 Å². The highest BCUT2D eigenvalue weighted by Gasteiger charge is 2.17. The Kier molecular flexibility index (Phi) is 5.69. The summed E-state index contributed by atoms with van der Waals surface area (Å²) in [6.07, 6.45) is 6.71. The highest BCUT2D eigenvalue weighted by atomic mass is 19.1. The van der Waals surface area contributed by atoms with E-state index < -0.39 is 5.82 Å². The molecule has 2 amide bonds. The Hall–Kier alpha value is -2.17. The molecule has 0 radical (unpaired) electrons. The fourth-order valence-electron chi connectivity index (χ4n) is 2.37. The molecular weight excluding hydrogens is 283 g/mol. The van der Waals surface area contributed by atoms with Crippen molar-refractivity contribution in [2.45, 2.75) is 26.2 Å². The van der Waals surface area contributed by atoms with Gasteiger partial charge >= 0.3 is 0 Å². The van der Waals surface area contributed by atoms with Crippen molar-refractivity contribution in [2.24, 2.45) is 5.92 Å². The maximum absolute atomic E-state index is 13.4. The molecule has 1 aliphatic carbocycles. The average Bonchev–Trinajstić information content (AvgIpc) is 2.54. The van der Waals surface area contributed by atoms with Gasteiger partial charge in [-0.1, -0.05) is 18.2 Å². The molecule has 0 aliphatic heterocycles. The van der Waals surface area contributed by atoms with E-state index in [1.165, 1.54) is 6.07 Å². The lowest BCUT2D eigenvalue weighted by Crippen LogP contribution is -2.37. The van der Waals surface area contributed by atoms with E-state index in [9.17, 15) is 14.0 Å². The number of amides is 2. The fourth-order valence-corrected chi connectivity index (χ4v) is 2.37. The summed E-state index contributed by atoms with van der Waals surface area (Å²) in [4.78, 5) is 23.7. The van der Waals surface area contributed by atoms with Crippen LogP contribution in [0.5, 0.6) is 0 Å². The third-order valence-corrected chi connectivity index (χ3v) is 3.78. The minimum atomic E-state index is -0.397.